The van der Waals surface area contributed by atoms with Crippen LogP contribution in [0, 0.1) is 0 Å². The molecule has 0 saturated carbocycles. The maximum absolute atomic E-state index is 11.5. The van der Waals surface area contributed by atoms with Gasteiger partial charge in [0.05, 0.1) is 11.9 Å². The van der Waals surface area contributed by atoms with Crippen molar-refractivity contribution >= 4 is 10.8 Å². The number of aliphatic hydroxyl groups is 1. The van der Waals surface area contributed by atoms with Gasteiger partial charge in [0.25, 0.3) is 0 Å². The lowest BCUT2D eigenvalue weighted by Crippen LogP contribution is -2.25. The lowest BCUT2D eigenvalue weighted by atomic mass is 10.3. The molecule has 0 aliphatic rings. The SMILES string of the molecule is CCCC[S@](=O)C[C@H](O)COc1ccccc1. The van der Waals surface area contributed by atoms with E-state index in [0.717, 1.165) is 18.6 Å². The molecule has 1 N–H and O–H groups in total. The van der Waals surface area contributed by atoms with Gasteiger partial charge in [0.1, 0.15) is 12.4 Å². The molecule has 17 heavy (non-hydrogen) atoms. The van der Waals surface area contributed by atoms with E-state index in [1.54, 1.807) is 0 Å². The van der Waals surface area contributed by atoms with E-state index in [2.05, 4.69) is 6.92 Å². The highest BCUT2D eigenvalue weighted by Gasteiger charge is 2.09. The summed E-state index contributed by atoms with van der Waals surface area (Å²) in [5.41, 5.74) is 0. The van der Waals surface area contributed by atoms with Crippen molar-refractivity contribution in [3.63, 3.8) is 0 Å². The number of hydrogen-bond acceptors (Lipinski definition) is 3. The van der Waals surface area contributed by atoms with Crippen LogP contribution in [0.5, 0.6) is 5.75 Å². The number of aliphatic hydroxyl groups excluding tert-OH is 1. The molecular weight excluding hydrogens is 236 g/mol. The van der Waals surface area contributed by atoms with E-state index in [9.17, 15) is 9.32 Å². The maximum atomic E-state index is 11.5. The molecule has 0 saturated heterocycles. The van der Waals surface area contributed by atoms with Crippen LogP contribution in [0.4, 0.5) is 0 Å². The lowest BCUT2D eigenvalue weighted by molar-refractivity contribution is 0.125. The van der Waals surface area contributed by atoms with E-state index in [1.165, 1.54) is 0 Å². The molecule has 0 heterocycles. The van der Waals surface area contributed by atoms with Gasteiger partial charge in [-0.1, -0.05) is 31.5 Å². The van der Waals surface area contributed by atoms with Crippen molar-refractivity contribution in [3.05, 3.63) is 30.3 Å². The normalized spacial score (nSPS) is 14.2. The van der Waals surface area contributed by atoms with Crippen molar-refractivity contribution < 1.29 is 14.1 Å². The average Bonchev–Trinajstić information content (AvgIpc) is 2.35. The number of benzene rings is 1. The Morgan fingerprint density at radius 2 is 2.06 bits per heavy atom. The van der Waals surface area contributed by atoms with Crippen LogP contribution in [0.2, 0.25) is 0 Å². The number of unbranched alkanes of at least 4 members (excludes halogenated alkanes) is 1. The molecule has 0 unspecified atom stereocenters. The summed E-state index contributed by atoms with van der Waals surface area (Å²) in [5.74, 6) is 1.69. The molecule has 96 valence electrons. The Morgan fingerprint density at radius 1 is 1.35 bits per heavy atom. The van der Waals surface area contributed by atoms with Crippen LogP contribution in [0.3, 0.4) is 0 Å². The van der Waals surface area contributed by atoms with E-state index in [1.807, 2.05) is 30.3 Å². The van der Waals surface area contributed by atoms with Gasteiger partial charge < -0.3 is 9.84 Å². The molecule has 0 aliphatic carbocycles. The predicted molar refractivity (Wildman–Crippen MR) is 70.7 cm³/mol. The minimum absolute atomic E-state index is 0.196. The third-order valence-corrected chi connectivity index (χ3v) is 3.79. The van der Waals surface area contributed by atoms with E-state index in [4.69, 9.17) is 4.74 Å². The standard InChI is InChI=1S/C13H20O3S/c1-2-3-9-17(15)11-12(14)10-16-13-7-5-4-6-8-13/h4-8,12,14H,2-3,9-11H2,1H3/t12-,17+/m1/s1. The van der Waals surface area contributed by atoms with Crippen molar-refractivity contribution in [2.75, 3.05) is 18.1 Å². The zero-order valence-electron chi connectivity index (χ0n) is 10.2. The lowest BCUT2D eigenvalue weighted by Gasteiger charge is -2.11. The van der Waals surface area contributed by atoms with E-state index >= 15 is 0 Å². The van der Waals surface area contributed by atoms with Gasteiger partial charge >= 0.3 is 0 Å². The van der Waals surface area contributed by atoms with Crippen LogP contribution >= 0.6 is 0 Å². The second-order valence-electron chi connectivity index (χ2n) is 3.94. The molecule has 1 aromatic rings. The van der Waals surface area contributed by atoms with Crippen LogP contribution in [-0.2, 0) is 10.8 Å². The molecule has 1 rings (SSSR count). The Morgan fingerprint density at radius 3 is 2.71 bits per heavy atom. The molecule has 0 aromatic heterocycles. The first-order chi connectivity index (χ1) is 8.22. The van der Waals surface area contributed by atoms with Crippen LogP contribution in [-0.4, -0.2) is 33.5 Å². The van der Waals surface area contributed by atoms with Gasteiger partial charge in [0, 0.05) is 16.6 Å². The van der Waals surface area contributed by atoms with Crippen LogP contribution in [0.1, 0.15) is 19.8 Å². The molecule has 0 fully saturated rings. The smallest absolute Gasteiger partial charge is 0.119 e. The number of para-hydroxylation sites is 1. The van der Waals surface area contributed by atoms with E-state index < -0.39 is 16.9 Å². The van der Waals surface area contributed by atoms with Gasteiger partial charge in [0.15, 0.2) is 0 Å². The van der Waals surface area contributed by atoms with Gasteiger partial charge in [-0.25, -0.2) is 0 Å². The molecular formula is C13H20O3S. The number of rotatable bonds is 8. The topological polar surface area (TPSA) is 46.5 Å². The molecule has 1 aromatic carbocycles. The predicted octanol–water partition coefficient (Wildman–Crippen LogP) is 1.98. The summed E-state index contributed by atoms with van der Waals surface area (Å²) in [6.45, 7) is 2.26. The molecule has 4 heteroatoms. The third kappa shape index (κ3) is 6.44. The second-order valence-corrected chi connectivity index (χ2v) is 5.56. The Hall–Kier alpha value is -0.870. The van der Waals surface area contributed by atoms with Crippen molar-refractivity contribution in [3.8, 4) is 5.75 Å². The van der Waals surface area contributed by atoms with E-state index in [-0.39, 0.29) is 6.61 Å². The highest BCUT2D eigenvalue weighted by atomic mass is 32.2. The maximum Gasteiger partial charge on any atom is 0.119 e. The highest BCUT2D eigenvalue weighted by molar-refractivity contribution is 7.85. The fourth-order valence-corrected chi connectivity index (χ4v) is 2.66. The van der Waals surface area contributed by atoms with Crippen molar-refractivity contribution in [1.82, 2.24) is 0 Å². The fourth-order valence-electron chi connectivity index (χ4n) is 1.36. The molecule has 2 atom stereocenters. The van der Waals surface area contributed by atoms with Crippen molar-refractivity contribution in [2.45, 2.75) is 25.9 Å². The third-order valence-electron chi connectivity index (χ3n) is 2.29. The van der Waals surface area contributed by atoms with E-state index in [0.29, 0.717) is 11.5 Å². The zero-order valence-corrected chi connectivity index (χ0v) is 11.0. The summed E-state index contributed by atoms with van der Waals surface area (Å²) in [6.07, 6.45) is 1.31. The quantitative estimate of drug-likeness (QED) is 0.773. The molecule has 0 radical (unpaired) electrons. The molecule has 0 bridgehead atoms. The Bertz CT molecular complexity index is 327. The average molecular weight is 256 g/mol. The first kappa shape index (κ1) is 14.2. The summed E-state index contributed by atoms with van der Waals surface area (Å²) in [6, 6.07) is 9.33. The molecule has 0 aliphatic heterocycles. The Labute approximate surface area is 105 Å². The fraction of sp³-hybridized carbons (Fsp3) is 0.538. The van der Waals surface area contributed by atoms with Gasteiger partial charge in [-0.3, -0.25) is 4.21 Å². The van der Waals surface area contributed by atoms with Crippen LogP contribution < -0.4 is 4.74 Å². The first-order valence-corrected chi connectivity index (χ1v) is 7.42. The summed E-state index contributed by atoms with van der Waals surface area (Å²) >= 11 is 0. The number of ether oxygens (including phenoxy) is 1. The Balaban J connectivity index is 2.21. The minimum Gasteiger partial charge on any atom is -0.491 e. The molecule has 3 nitrogen and oxygen atoms in total. The molecule has 0 amide bonds. The first-order valence-electron chi connectivity index (χ1n) is 5.93. The van der Waals surface area contributed by atoms with Gasteiger partial charge in [-0.2, -0.15) is 0 Å². The Kier molecular flexibility index (Phi) is 6.89. The molecule has 0 spiro atoms. The highest BCUT2D eigenvalue weighted by Crippen LogP contribution is 2.08. The zero-order chi connectivity index (χ0) is 12.5. The monoisotopic (exact) mass is 256 g/mol. The van der Waals surface area contributed by atoms with Gasteiger partial charge in [-0.05, 0) is 18.6 Å². The second kappa shape index (κ2) is 8.25. The van der Waals surface area contributed by atoms with Crippen molar-refractivity contribution in [2.24, 2.45) is 0 Å². The minimum atomic E-state index is -0.938. The summed E-state index contributed by atoms with van der Waals surface area (Å²) in [5, 5.41) is 9.66. The number of hydrogen-bond donors (Lipinski definition) is 1. The van der Waals surface area contributed by atoms with Crippen LogP contribution in [0.15, 0.2) is 30.3 Å². The van der Waals surface area contributed by atoms with Crippen molar-refractivity contribution in [1.29, 1.82) is 0 Å². The summed E-state index contributed by atoms with van der Waals surface area (Å²) < 4.78 is 16.9. The van der Waals surface area contributed by atoms with Gasteiger partial charge in [0.2, 0.25) is 0 Å². The summed E-state index contributed by atoms with van der Waals surface area (Å²) in [7, 11) is -0.938. The summed E-state index contributed by atoms with van der Waals surface area (Å²) in [4.78, 5) is 0. The van der Waals surface area contributed by atoms with Gasteiger partial charge in [-0.15, -0.1) is 0 Å². The van der Waals surface area contributed by atoms with Crippen LogP contribution in [0.25, 0.3) is 0 Å². The largest absolute Gasteiger partial charge is 0.491 e.